The zero-order chi connectivity index (χ0) is 8.15. The molecule has 1 N–H and O–H groups in total. The first kappa shape index (κ1) is 9.47. The molecule has 0 aromatic heterocycles. The van der Waals surface area contributed by atoms with Crippen molar-refractivity contribution in [1.82, 2.24) is 4.90 Å². The molecule has 10 heavy (non-hydrogen) atoms. The van der Waals surface area contributed by atoms with E-state index in [9.17, 15) is 0 Å². The van der Waals surface area contributed by atoms with Crippen molar-refractivity contribution >= 4 is 5.84 Å². The molecule has 0 aromatic rings. The summed E-state index contributed by atoms with van der Waals surface area (Å²) in [5.74, 6) is 1.39. The second-order valence-corrected chi connectivity index (χ2v) is 3.19. The molecule has 2 heteroatoms. The minimum absolute atomic E-state index is 0.653. The number of hydrogen-bond donors (Lipinski definition) is 1. The van der Waals surface area contributed by atoms with Crippen molar-refractivity contribution < 1.29 is 0 Å². The molecule has 0 rings (SSSR count). The Morgan fingerprint density at radius 1 is 1.50 bits per heavy atom. The van der Waals surface area contributed by atoms with E-state index in [1.807, 2.05) is 18.9 Å². The van der Waals surface area contributed by atoms with Gasteiger partial charge in [0.1, 0.15) is 0 Å². The number of hydrogen-bond acceptors (Lipinski definition) is 1. The van der Waals surface area contributed by atoms with Crippen LogP contribution in [0.15, 0.2) is 0 Å². The third kappa shape index (κ3) is 4.36. The maximum Gasteiger partial charge on any atom is 0.0923 e. The molecule has 2 nitrogen and oxygen atoms in total. The zero-order valence-corrected chi connectivity index (χ0v) is 7.44. The van der Waals surface area contributed by atoms with Crippen molar-refractivity contribution in [3.8, 4) is 0 Å². The van der Waals surface area contributed by atoms with Gasteiger partial charge in [0.25, 0.3) is 0 Å². The molecule has 0 fully saturated rings. The Hall–Kier alpha value is -0.530. The van der Waals surface area contributed by atoms with E-state index in [2.05, 4.69) is 13.8 Å². The molecule has 0 aliphatic rings. The third-order valence-electron chi connectivity index (χ3n) is 1.61. The third-order valence-corrected chi connectivity index (χ3v) is 1.61. The summed E-state index contributed by atoms with van der Waals surface area (Å²) in [4.78, 5) is 1.97. The molecule has 0 amide bonds. The Morgan fingerprint density at radius 2 is 2.00 bits per heavy atom. The van der Waals surface area contributed by atoms with E-state index in [1.54, 1.807) is 0 Å². The SMILES string of the molecule is CC(=N)N(C)CCC(C)C. The van der Waals surface area contributed by atoms with E-state index in [0.29, 0.717) is 5.84 Å². The van der Waals surface area contributed by atoms with Crippen LogP contribution in [-0.2, 0) is 0 Å². The lowest BCUT2D eigenvalue weighted by molar-refractivity contribution is 0.433. The Balaban J connectivity index is 3.40. The lowest BCUT2D eigenvalue weighted by atomic mass is 10.1. The summed E-state index contributed by atoms with van der Waals surface area (Å²) >= 11 is 0. The largest absolute Gasteiger partial charge is 0.364 e. The van der Waals surface area contributed by atoms with Crippen LogP contribution in [0.4, 0.5) is 0 Å². The Labute approximate surface area is 63.7 Å². The van der Waals surface area contributed by atoms with Gasteiger partial charge in [-0.15, -0.1) is 0 Å². The summed E-state index contributed by atoms with van der Waals surface area (Å²) in [5, 5.41) is 7.27. The van der Waals surface area contributed by atoms with Crippen molar-refractivity contribution in [2.45, 2.75) is 27.2 Å². The summed E-state index contributed by atoms with van der Waals surface area (Å²) in [6, 6.07) is 0. The number of rotatable bonds is 3. The quantitative estimate of drug-likeness (QED) is 0.473. The summed E-state index contributed by atoms with van der Waals surface area (Å²) in [6.45, 7) is 7.23. The maximum absolute atomic E-state index is 7.27. The van der Waals surface area contributed by atoms with Crippen LogP contribution in [0, 0.1) is 11.3 Å². The number of nitrogens with zero attached hydrogens (tertiary/aromatic N) is 1. The van der Waals surface area contributed by atoms with Gasteiger partial charge < -0.3 is 4.90 Å². The highest BCUT2D eigenvalue weighted by Crippen LogP contribution is 2.00. The molecule has 0 saturated carbocycles. The van der Waals surface area contributed by atoms with Crippen molar-refractivity contribution in [2.24, 2.45) is 5.92 Å². The van der Waals surface area contributed by atoms with Gasteiger partial charge in [0, 0.05) is 13.6 Å². The molecule has 0 unspecified atom stereocenters. The second kappa shape index (κ2) is 4.31. The summed E-state index contributed by atoms with van der Waals surface area (Å²) in [6.07, 6.45) is 1.17. The molecule has 0 saturated heterocycles. The van der Waals surface area contributed by atoms with Gasteiger partial charge in [-0.05, 0) is 19.3 Å². The van der Waals surface area contributed by atoms with Gasteiger partial charge in [0.05, 0.1) is 5.84 Å². The van der Waals surface area contributed by atoms with Crippen molar-refractivity contribution in [3.63, 3.8) is 0 Å². The Kier molecular flexibility index (Phi) is 4.08. The standard InChI is InChI=1S/C8H18N2/c1-7(2)5-6-10(4)8(3)9/h7,9H,5-6H2,1-4H3. The minimum Gasteiger partial charge on any atom is -0.364 e. The van der Waals surface area contributed by atoms with Crippen LogP contribution < -0.4 is 0 Å². The predicted octanol–water partition coefficient (Wildman–Crippen LogP) is 1.96. The van der Waals surface area contributed by atoms with Crippen LogP contribution in [0.3, 0.4) is 0 Å². The highest BCUT2D eigenvalue weighted by molar-refractivity contribution is 5.75. The normalized spacial score (nSPS) is 10.1. The van der Waals surface area contributed by atoms with Gasteiger partial charge in [0.2, 0.25) is 0 Å². The first-order valence-electron chi connectivity index (χ1n) is 3.80. The fourth-order valence-electron chi connectivity index (χ4n) is 0.620. The lowest BCUT2D eigenvalue weighted by Crippen LogP contribution is -2.25. The predicted molar refractivity (Wildman–Crippen MR) is 45.5 cm³/mol. The fourth-order valence-corrected chi connectivity index (χ4v) is 0.620. The fraction of sp³-hybridized carbons (Fsp3) is 0.875. The van der Waals surface area contributed by atoms with E-state index in [-0.39, 0.29) is 0 Å². The summed E-state index contributed by atoms with van der Waals surface area (Å²) in [7, 11) is 1.96. The molecular weight excluding hydrogens is 124 g/mol. The van der Waals surface area contributed by atoms with Crippen LogP contribution >= 0.6 is 0 Å². The molecule has 0 spiro atoms. The van der Waals surface area contributed by atoms with Crippen LogP contribution in [0.25, 0.3) is 0 Å². The van der Waals surface area contributed by atoms with Crippen LogP contribution in [0.5, 0.6) is 0 Å². The minimum atomic E-state index is 0.653. The number of amidine groups is 1. The van der Waals surface area contributed by atoms with Crippen LogP contribution in [0.2, 0.25) is 0 Å². The van der Waals surface area contributed by atoms with Gasteiger partial charge >= 0.3 is 0 Å². The average molecular weight is 142 g/mol. The highest BCUT2D eigenvalue weighted by atomic mass is 15.1. The molecule has 0 aromatic carbocycles. The van der Waals surface area contributed by atoms with E-state index in [0.717, 1.165) is 12.5 Å². The molecule has 0 heterocycles. The summed E-state index contributed by atoms with van der Waals surface area (Å²) in [5.41, 5.74) is 0. The average Bonchev–Trinajstić information content (AvgIpc) is 1.82. The lowest BCUT2D eigenvalue weighted by Gasteiger charge is -2.17. The maximum atomic E-state index is 7.27. The molecule has 0 aliphatic heterocycles. The van der Waals surface area contributed by atoms with Gasteiger partial charge in [-0.25, -0.2) is 0 Å². The van der Waals surface area contributed by atoms with Crippen molar-refractivity contribution in [2.75, 3.05) is 13.6 Å². The zero-order valence-electron chi connectivity index (χ0n) is 7.44. The van der Waals surface area contributed by atoms with Crippen molar-refractivity contribution in [3.05, 3.63) is 0 Å². The van der Waals surface area contributed by atoms with E-state index >= 15 is 0 Å². The molecule has 0 bridgehead atoms. The van der Waals surface area contributed by atoms with E-state index < -0.39 is 0 Å². The number of nitrogens with one attached hydrogen (secondary N) is 1. The van der Waals surface area contributed by atoms with Crippen LogP contribution in [0.1, 0.15) is 27.2 Å². The molecule has 0 aliphatic carbocycles. The molecular formula is C8H18N2. The molecule has 0 radical (unpaired) electrons. The Bertz CT molecular complexity index is 108. The first-order chi connectivity index (χ1) is 4.54. The van der Waals surface area contributed by atoms with Gasteiger partial charge in [-0.2, -0.15) is 0 Å². The topological polar surface area (TPSA) is 27.1 Å². The molecule has 60 valence electrons. The monoisotopic (exact) mass is 142 g/mol. The Morgan fingerprint density at radius 3 is 2.30 bits per heavy atom. The first-order valence-corrected chi connectivity index (χ1v) is 3.80. The van der Waals surface area contributed by atoms with E-state index in [4.69, 9.17) is 5.41 Å². The van der Waals surface area contributed by atoms with Gasteiger partial charge in [-0.3, -0.25) is 5.41 Å². The molecule has 0 atom stereocenters. The smallest absolute Gasteiger partial charge is 0.0923 e. The van der Waals surface area contributed by atoms with Gasteiger partial charge in [-0.1, -0.05) is 13.8 Å². The van der Waals surface area contributed by atoms with Gasteiger partial charge in [0.15, 0.2) is 0 Å². The summed E-state index contributed by atoms with van der Waals surface area (Å²) < 4.78 is 0. The van der Waals surface area contributed by atoms with Crippen molar-refractivity contribution in [1.29, 1.82) is 5.41 Å². The van der Waals surface area contributed by atoms with Crippen LogP contribution in [-0.4, -0.2) is 24.3 Å². The van der Waals surface area contributed by atoms with E-state index in [1.165, 1.54) is 6.42 Å². The second-order valence-electron chi connectivity index (χ2n) is 3.19. The highest BCUT2D eigenvalue weighted by Gasteiger charge is 1.99.